The third-order valence-corrected chi connectivity index (χ3v) is 5.65. The van der Waals surface area contributed by atoms with Gasteiger partial charge in [-0.3, -0.25) is 0 Å². The van der Waals surface area contributed by atoms with E-state index in [2.05, 4.69) is 38.1 Å². The highest BCUT2D eigenvalue weighted by molar-refractivity contribution is 5.69. The fourth-order valence-electron chi connectivity index (χ4n) is 3.90. The predicted octanol–water partition coefficient (Wildman–Crippen LogP) is 6.92. The lowest BCUT2D eigenvalue weighted by atomic mass is 10.0. The molecular weight excluding hydrogens is 348 g/mol. The van der Waals surface area contributed by atoms with Crippen molar-refractivity contribution in [2.75, 3.05) is 0 Å². The van der Waals surface area contributed by atoms with E-state index in [1.54, 1.807) is 0 Å². The Labute approximate surface area is 168 Å². The third kappa shape index (κ3) is 4.57. The Bertz CT molecular complexity index is 777. The molecule has 0 aromatic heterocycles. The Balaban J connectivity index is 1.49. The SMILES string of the molecule is CCCc1ccc(OC(=O)Oc2ccc(CCC)cc2C2CC2)c(C2CC2)c1. The number of rotatable bonds is 8. The highest BCUT2D eigenvalue weighted by Crippen LogP contribution is 2.46. The van der Waals surface area contributed by atoms with E-state index in [9.17, 15) is 4.79 Å². The molecule has 0 N–H and O–H groups in total. The molecular formula is C25H30O3. The zero-order valence-corrected chi connectivity index (χ0v) is 17.0. The maximum Gasteiger partial charge on any atom is 0.519 e. The zero-order chi connectivity index (χ0) is 19.5. The number of aryl methyl sites for hydroxylation is 2. The van der Waals surface area contributed by atoms with Gasteiger partial charge in [0, 0.05) is 0 Å². The van der Waals surface area contributed by atoms with E-state index in [4.69, 9.17) is 9.47 Å². The normalized spacial score (nSPS) is 16.1. The van der Waals surface area contributed by atoms with Crippen LogP contribution in [0.2, 0.25) is 0 Å². The summed E-state index contributed by atoms with van der Waals surface area (Å²) in [5.41, 5.74) is 4.94. The number of benzene rings is 2. The minimum atomic E-state index is -0.629. The summed E-state index contributed by atoms with van der Waals surface area (Å²) in [4.78, 5) is 12.5. The van der Waals surface area contributed by atoms with Gasteiger partial charge in [-0.25, -0.2) is 4.79 Å². The molecule has 2 aliphatic rings. The maximum absolute atomic E-state index is 12.5. The lowest BCUT2D eigenvalue weighted by Crippen LogP contribution is -2.15. The van der Waals surface area contributed by atoms with Crippen LogP contribution in [0.25, 0.3) is 0 Å². The standard InChI is InChI=1S/C25H30O3/c1-3-5-17-7-13-23(21(15-17)19-9-10-19)27-25(26)28-24-14-8-18(6-4-2)16-22(24)20-11-12-20/h7-8,13-16,19-20H,3-6,9-12H2,1-2H3. The van der Waals surface area contributed by atoms with Gasteiger partial charge in [0.25, 0.3) is 0 Å². The van der Waals surface area contributed by atoms with Crippen molar-refractivity contribution in [1.82, 2.24) is 0 Å². The van der Waals surface area contributed by atoms with Gasteiger partial charge in [0.1, 0.15) is 11.5 Å². The van der Waals surface area contributed by atoms with Crippen molar-refractivity contribution >= 4 is 6.16 Å². The topological polar surface area (TPSA) is 35.5 Å². The average Bonchev–Trinajstić information content (AvgIpc) is 3.56. The zero-order valence-electron chi connectivity index (χ0n) is 17.0. The molecule has 0 aliphatic heterocycles. The molecule has 0 spiro atoms. The van der Waals surface area contributed by atoms with Gasteiger partial charge in [-0.1, -0.05) is 51.0 Å². The summed E-state index contributed by atoms with van der Waals surface area (Å²) in [6.07, 6.45) is 8.40. The maximum atomic E-state index is 12.5. The summed E-state index contributed by atoms with van der Waals surface area (Å²) < 4.78 is 11.3. The van der Waals surface area contributed by atoms with Gasteiger partial charge in [0.15, 0.2) is 0 Å². The summed E-state index contributed by atoms with van der Waals surface area (Å²) in [5, 5.41) is 0. The van der Waals surface area contributed by atoms with Crippen LogP contribution in [0, 0.1) is 0 Å². The number of carbonyl (C=O) groups excluding carboxylic acids is 1. The number of hydrogen-bond donors (Lipinski definition) is 0. The second kappa shape index (κ2) is 8.38. The van der Waals surface area contributed by atoms with E-state index < -0.39 is 6.16 Å². The minimum Gasteiger partial charge on any atom is -0.394 e. The van der Waals surface area contributed by atoms with Gasteiger partial charge < -0.3 is 9.47 Å². The summed E-state index contributed by atoms with van der Waals surface area (Å²) in [6.45, 7) is 4.36. The highest BCUT2D eigenvalue weighted by atomic mass is 16.7. The second-order valence-electron chi connectivity index (χ2n) is 8.25. The molecule has 0 atom stereocenters. The molecule has 0 amide bonds. The van der Waals surface area contributed by atoms with Crippen molar-refractivity contribution in [3.63, 3.8) is 0 Å². The average molecular weight is 379 g/mol. The Morgan fingerprint density at radius 1 is 0.786 bits per heavy atom. The molecule has 2 aromatic rings. The predicted molar refractivity (Wildman–Crippen MR) is 111 cm³/mol. The smallest absolute Gasteiger partial charge is 0.394 e. The molecule has 2 saturated carbocycles. The Kier molecular flexibility index (Phi) is 5.70. The van der Waals surface area contributed by atoms with Crippen molar-refractivity contribution in [2.24, 2.45) is 0 Å². The van der Waals surface area contributed by atoms with Crippen molar-refractivity contribution < 1.29 is 14.3 Å². The molecule has 0 unspecified atom stereocenters. The summed E-state index contributed by atoms with van der Waals surface area (Å²) >= 11 is 0. The fourth-order valence-corrected chi connectivity index (χ4v) is 3.90. The Morgan fingerprint density at radius 3 is 1.57 bits per heavy atom. The molecule has 2 fully saturated rings. The van der Waals surface area contributed by atoms with E-state index in [0.717, 1.165) is 36.8 Å². The van der Waals surface area contributed by atoms with Crippen LogP contribution >= 0.6 is 0 Å². The molecule has 0 heterocycles. The third-order valence-electron chi connectivity index (χ3n) is 5.65. The first kappa shape index (κ1) is 19.0. The van der Waals surface area contributed by atoms with E-state index >= 15 is 0 Å². The Hall–Kier alpha value is -2.29. The van der Waals surface area contributed by atoms with Crippen LogP contribution < -0.4 is 9.47 Å². The van der Waals surface area contributed by atoms with Gasteiger partial charge in [-0.15, -0.1) is 0 Å². The number of carbonyl (C=O) groups is 1. The van der Waals surface area contributed by atoms with E-state index in [0.29, 0.717) is 23.3 Å². The molecule has 2 aromatic carbocycles. The van der Waals surface area contributed by atoms with Gasteiger partial charge in [-0.05, 0) is 84.7 Å². The van der Waals surface area contributed by atoms with Gasteiger partial charge in [0.2, 0.25) is 0 Å². The molecule has 28 heavy (non-hydrogen) atoms. The summed E-state index contributed by atoms with van der Waals surface area (Å²) in [6, 6.07) is 12.4. The van der Waals surface area contributed by atoms with Crippen LogP contribution in [0.5, 0.6) is 11.5 Å². The van der Waals surface area contributed by atoms with E-state index in [-0.39, 0.29) is 0 Å². The minimum absolute atomic E-state index is 0.523. The summed E-state index contributed by atoms with van der Waals surface area (Å²) in [5.74, 6) is 2.36. The molecule has 0 bridgehead atoms. The Morgan fingerprint density at radius 2 is 1.21 bits per heavy atom. The van der Waals surface area contributed by atoms with Crippen LogP contribution in [0.15, 0.2) is 36.4 Å². The number of ether oxygens (including phenoxy) is 2. The molecule has 4 rings (SSSR count). The monoisotopic (exact) mass is 378 g/mol. The van der Waals surface area contributed by atoms with E-state index in [1.807, 2.05) is 12.1 Å². The fraction of sp³-hybridized carbons (Fsp3) is 0.480. The first-order valence-electron chi connectivity index (χ1n) is 10.8. The van der Waals surface area contributed by atoms with Crippen LogP contribution in [-0.2, 0) is 12.8 Å². The highest BCUT2D eigenvalue weighted by Gasteiger charge is 2.30. The van der Waals surface area contributed by atoms with E-state index in [1.165, 1.54) is 36.8 Å². The van der Waals surface area contributed by atoms with Gasteiger partial charge in [0.05, 0.1) is 0 Å². The van der Waals surface area contributed by atoms with Gasteiger partial charge >= 0.3 is 6.16 Å². The van der Waals surface area contributed by atoms with Crippen LogP contribution in [0.3, 0.4) is 0 Å². The van der Waals surface area contributed by atoms with Crippen molar-refractivity contribution in [2.45, 2.75) is 77.0 Å². The number of hydrogen-bond acceptors (Lipinski definition) is 3. The van der Waals surface area contributed by atoms with Crippen molar-refractivity contribution in [1.29, 1.82) is 0 Å². The second-order valence-corrected chi connectivity index (χ2v) is 8.25. The molecule has 2 aliphatic carbocycles. The quantitative estimate of drug-likeness (QED) is 0.369. The molecule has 3 heteroatoms. The summed E-state index contributed by atoms with van der Waals surface area (Å²) in [7, 11) is 0. The molecule has 0 radical (unpaired) electrons. The van der Waals surface area contributed by atoms with Crippen molar-refractivity contribution in [3.8, 4) is 11.5 Å². The van der Waals surface area contributed by atoms with Crippen molar-refractivity contribution in [3.05, 3.63) is 58.7 Å². The first-order valence-corrected chi connectivity index (χ1v) is 10.8. The molecule has 0 saturated heterocycles. The lowest BCUT2D eigenvalue weighted by Gasteiger charge is -2.14. The molecule has 148 valence electrons. The largest absolute Gasteiger partial charge is 0.519 e. The van der Waals surface area contributed by atoms with Crippen LogP contribution in [0.1, 0.15) is 86.5 Å². The first-order chi connectivity index (χ1) is 13.7. The van der Waals surface area contributed by atoms with Crippen LogP contribution in [0.4, 0.5) is 4.79 Å². The van der Waals surface area contributed by atoms with Gasteiger partial charge in [-0.2, -0.15) is 0 Å². The lowest BCUT2D eigenvalue weighted by molar-refractivity contribution is 0.151. The van der Waals surface area contributed by atoms with Crippen LogP contribution in [-0.4, -0.2) is 6.16 Å². The molecule has 3 nitrogen and oxygen atoms in total.